The Morgan fingerprint density at radius 3 is 2.71 bits per heavy atom. The molecule has 0 spiro atoms. The summed E-state index contributed by atoms with van der Waals surface area (Å²) >= 11 is 0. The number of aliphatic hydroxyl groups is 1. The fourth-order valence-corrected chi connectivity index (χ4v) is 2.37. The molecular formula is C8H11NO4S. The minimum atomic E-state index is -3.56. The predicted molar refractivity (Wildman–Crippen MR) is 50.8 cm³/mol. The number of sulfone groups is 1. The first-order valence-corrected chi connectivity index (χ1v) is 5.74. The number of H-pyrrole nitrogens is 1. The van der Waals surface area contributed by atoms with Gasteiger partial charge >= 0.3 is 0 Å². The molecule has 0 atom stereocenters. The van der Waals surface area contributed by atoms with Crippen LogP contribution in [0.4, 0.5) is 0 Å². The lowest BCUT2D eigenvalue weighted by Gasteiger charge is -2.00. The number of aliphatic hydroxyl groups excluding tert-OH is 1. The summed E-state index contributed by atoms with van der Waals surface area (Å²) in [5.74, 6) is -0.212. The van der Waals surface area contributed by atoms with Crippen LogP contribution in [0.1, 0.15) is 6.42 Å². The Balaban J connectivity index is 3.05. The summed E-state index contributed by atoms with van der Waals surface area (Å²) in [7, 11) is -3.56. The highest BCUT2D eigenvalue weighted by Crippen LogP contribution is 2.05. The smallest absolute Gasteiger partial charge is 0.266 e. The SMILES string of the molecule is O=c1[nH]cccc1S(=O)(=O)CCCO. The second-order valence-electron chi connectivity index (χ2n) is 2.76. The zero-order chi connectivity index (χ0) is 10.6. The first-order valence-electron chi connectivity index (χ1n) is 4.09. The Morgan fingerprint density at radius 1 is 1.43 bits per heavy atom. The summed E-state index contributed by atoms with van der Waals surface area (Å²) < 4.78 is 23.0. The molecule has 0 aliphatic carbocycles. The molecule has 14 heavy (non-hydrogen) atoms. The highest BCUT2D eigenvalue weighted by atomic mass is 32.2. The molecule has 1 heterocycles. The van der Waals surface area contributed by atoms with Gasteiger partial charge in [-0.05, 0) is 18.6 Å². The summed E-state index contributed by atoms with van der Waals surface area (Å²) in [4.78, 5) is 13.2. The van der Waals surface area contributed by atoms with Crippen LogP contribution in [0.15, 0.2) is 28.0 Å². The number of hydrogen-bond acceptors (Lipinski definition) is 4. The maximum Gasteiger partial charge on any atom is 0.266 e. The van der Waals surface area contributed by atoms with Gasteiger partial charge in [0.05, 0.1) is 5.75 Å². The van der Waals surface area contributed by atoms with Gasteiger partial charge < -0.3 is 10.1 Å². The number of rotatable bonds is 4. The Kier molecular flexibility index (Phi) is 3.43. The van der Waals surface area contributed by atoms with Crippen molar-refractivity contribution in [2.45, 2.75) is 11.3 Å². The molecule has 0 aliphatic rings. The van der Waals surface area contributed by atoms with E-state index >= 15 is 0 Å². The van der Waals surface area contributed by atoms with Crippen LogP contribution in [0.2, 0.25) is 0 Å². The minimum absolute atomic E-state index is 0.136. The number of aromatic nitrogens is 1. The zero-order valence-corrected chi connectivity index (χ0v) is 8.25. The van der Waals surface area contributed by atoms with E-state index in [1.807, 2.05) is 0 Å². The van der Waals surface area contributed by atoms with Gasteiger partial charge in [0.2, 0.25) is 0 Å². The second-order valence-corrected chi connectivity index (χ2v) is 4.84. The van der Waals surface area contributed by atoms with E-state index < -0.39 is 15.4 Å². The molecular weight excluding hydrogens is 206 g/mol. The normalized spacial score (nSPS) is 11.5. The number of aromatic amines is 1. The lowest BCUT2D eigenvalue weighted by molar-refractivity contribution is 0.295. The van der Waals surface area contributed by atoms with Crippen LogP contribution in [-0.2, 0) is 9.84 Å². The highest BCUT2D eigenvalue weighted by molar-refractivity contribution is 7.91. The van der Waals surface area contributed by atoms with Crippen molar-refractivity contribution in [1.29, 1.82) is 0 Å². The first kappa shape index (κ1) is 10.9. The maximum absolute atomic E-state index is 11.5. The van der Waals surface area contributed by atoms with Crippen molar-refractivity contribution < 1.29 is 13.5 Å². The molecule has 1 rings (SSSR count). The second kappa shape index (κ2) is 4.39. The third-order valence-corrected chi connectivity index (χ3v) is 3.51. The van der Waals surface area contributed by atoms with Crippen molar-refractivity contribution in [3.05, 3.63) is 28.7 Å². The Labute approximate surface area is 81.3 Å². The van der Waals surface area contributed by atoms with Crippen molar-refractivity contribution in [1.82, 2.24) is 4.98 Å². The largest absolute Gasteiger partial charge is 0.396 e. The van der Waals surface area contributed by atoms with Crippen molar-refractivity contribution >= 4 is 9.84 Å². The van der Waals surface area contributed by atoms with Gasteiger partial charge in [-0.3, -0.25) is 4.79 Å². The summed E-state index contributed by atoms with van der Waals surface area (Å²) in [6.45, 7) is -0.204. The van der Waals surface area contributed by atoms with Crippen molar-refractivity contribution in [2.75, 3.05) is 12.4 Å². The van der Waals surface area contributed by atoms with Gasteiger partial charge in [-0.15, -0.1) is 0 Å². The van der Waals surface area contributed by atoms with E-state index in [0.29, 0.717) is 0 Å². The Hall–Kier alpha value is -1.14. The molecule has 1 aromatic rings. The van der Waals surface area contributed by atoms with Gasteiger partial charge in [0.15, 0.2) is 9.84 Å². The zero-order valence-electron chi connectivity index (χ0n) is 7.43. The third kappa shape index (κ3) is 2.43. The molecule has 0 fully saturated rings. The minimum Gasteiger partial charge on any atom is -0.396 e. The van der Waals surface area contributed by atoms with E-state index in [4.69, 9.17) is 5.11 Å². The van der Waals surface area contributed by atoms with E-state index in [9.17, 15) is 13.2 Å². The lowest BCUT2D eigenvalue weighted by atomic mass is 10.5. The molecule has 5 nitrogen and oxygen atoms in total. The number of nitrogens with one attached hydrogen (secondary N) is 1. The average molecular weight is 217 g/mol. The fourth-order valence-electron chi connectivity index (χ4n) is 1.02. The third-order valence-electron chi connectivity index (χ3n) is 1.69. The van der Waals surface area contributed by atoms with Crippen molar-refractivity contribution in [2.24, 2.45) is 0 Å². The van der Waals surface area contributed by atoms with Gasteiger partial charge in [-0.2, -0.15) is 0 Å². The molecule has 0 saturated carbocycles. The molecule has 0 unspecified atom stereocenters. The van der Waals surface area contributed by atoms with Crippen molar-refractivity contribution in [3.63, 3.8) is 0 Å². The molecule has 0 bridgehead atoms. The van der Waals surface area contributed by atoms with Crippen LogP contribution < -0.4 is 5.56 Å². The van der Waals surface area contributed by atoms with Crippen LogP contribution >= 0.6 is 0 Å². The van der Waals surface area contributed by atoms with Gasteiger partial charge in [0.1, 0.15) is 4.90 Å². The predicted octanol–water partition coefficient (Wildman–Crippen LogP) is -0.469. The summed E-state index contributed by atoms with van der Waals surface area (Å²) in [5.41, 5.74) is -0.620. The van der Waals surface area contributed by atoms with E-state index in [1.165, 1.54) is 18.3 Å². The van der Waals surface area contributed by atoms with Crippen LogP contribution in [0, 0.1) is 0 Å². The molecule has 1 aromatic heterocycles. The average Bonchev–Trinajstić information content (AvgIpc) is 2.15. The highest BCUT2D eigenvalue weighted by Gasteiger charge is 2.16. The summed E-state index contributed by atoms with van der Waals surface area (Å²) in [6.07, 6.45) is 1.50. The topological polar surface area (TPSA) is 87.2 Å². The Bertz CT molecular complexity index is 448. The lowest BCUT2D eigenvalue weighted by Crippen LogP contribution is -2.19. The van der Waals surface area contributed by atoms with E-state index in [2.05, 4.69) is 4.98 Å². The monoisotopic (exact) mass is 217 g/mol. The number of hydrogen-bond donors (Lipinski definition) is 2. The number of pyridine rings is 1. The molecule has 0 saturated heterocycles. The molecule has 0 aliphatic heterocycles. The van der Waals surface area contributed by atoms with E-state index in [1.54, 1.807) is 0 Å². The van der Waals surface area contributed by atoms with Crippen LogP contribution in [0.25, 0.3) is 0 Å². The van der Waals surface area contributed by atoms with Gasteiger partial charge in [-0.25, -0.2) is 8.42 Å². The van der Waals surface area contributed by atoms with E-state index in [0.717, 1.165) is 0 Å². The molecule has 0 amide bonds. The quantitative estimate of drug-likeness (QED) is 0.713. The van der Waals surface area contributed by atoms with Gasteiger partial charge in [0, 0.05) is 12.8 Å². The van der Waals surface area contributed by atoms with Crippen LogP contribution in [-0.4, -0.2) is 30.9 Å². The molecule has 6 heteroatoms. The van der Waals surface area contributed by atoms with Crippen LogP contribution in [0.3, 0.4) is 0 Å². The van der Waals surface area contributed by atoms with Gasteiger partial charge in [-0.1, -0.05) is 0 Å². The first-order chi connectivity index (χ1) is 6.58. The molecule has 2 N–H and O–H groups in total. The van der Waals surface area contributed by atoms with Crippen molar-refractivity contribution in [3.8, 4) is 0 Å². The molecule has 78 valence electrons. The Morgan fingerprint density at radius 2 is 2.14 bits per heavy atom. The summed E-state index contributed by atoms with van der Waals surface area (Å²) in [5, 5.41) is 8.50. The summed E-state index contributed by atoms with van der Waals surface area (Å²) in [6, 6.07) is 2.71. The molecule has 0 aromatic carbocycles. The maximum atomic E-state index is 11.5. The van der Waals surface area contributed by atoms with Crippen LogP contribution in [0.5, 0.6) is 0 Å². The fraction of sp³-hybridized carbons (Fsp3) is 0.375. The van der Waals surface area contributed by atoms with Gasteiger partial charge in [0.25, 0.3) is 5.56 Å². The standard InChI is InChI=1S/C8H11NO4S/c10-5-2-6-14(12,13)7-3-1-4-9-8(7)11/h1,3-4,10H,2,5-6H2,(H,9,11). The molecule has 0 radical (unpaired) electrons. The van der Waals surface area contributed by atoms with E-state index in [-0.39, 0.29) is 23.7 Å².